The molecule has 0 atom stereocenters. The largest absolute Gasteiger partial charge is 0.497 e. The lowest BCUT2D eigenvalue weighted by atomic mass is 10.0. The molecule has 1 aromatic carbocycles. The number of carbonyl (C=O) groups is 1. The Bertz CT molecular complexity index is 977. The number of nitrogens with one attached hydrogen (secondary N) is 1. The first-order valence-corrected chi connectivity index (χ1v) is 10.2. The third kappa shape index (κ3) is 4.68. The normalized spacial score (nSPS) is 15.1. The average Bonchev–Trinajstić information content (AvgIpc) is 3.16. The minimum absolute atomic E-state index is 0.0242. The van der Waals surface area contributed by atoms with Gasteiger partial charge in [0.15, 0.2) is 0 Å². The maximum Gasteiger partial charge on any atom is 0.251 e. The van der Waals surface area contributed by atoms with E-state index >= 15 is 0 Å². The number of hydrogen-bond donors (Lipinski definition) is 1. The quantitative estimate of drug-likeness (QED) is 0.683. The number of pyridine rings is 1. The maximum atomic E-state index is 12.5. The number of amides is 1. The second kappa shape index (κ2) is 9.09. The summed E-state index contributed by atoms with van der Waals surface area (Å²) in [6, 6.07) is 13.5. The number of piperidine rings is 1. The molecule has 30 heavy (non-hydrogen) atoms. The first-order chi connectivity index (χ1) is 14.6. The van der Waals surface area contributed by atoms with Gasteiger partial charge in [-0.2, -0.15) is 5.10 Å². The summed E-state index contributed by atoms with van der Waals surface area (Å²) in [5.41, 5.74) is 3.81. The summed E-state index contributed by atoms with van der Waals surface area (Å²) in [7, 11) is 3.60. The number of likely N-dealkylation sites (tertiary alicyclic amines) is 1. The zero-order chi connectivity index (χ0) is 20.9. The van der Waals surface area contributed by atoms with E-state index in [1.807, 2.05) is 42.2 Å². The Morgan fingerprint density at radius 1 is 1.20 bits per heavy atom. The standard InChI is InChI=1S/C23H27N5O2/c1-27-20(14-22(26-27)18-4-3-11-24-15-18)16-28-12-9-19(10-13-28)25-23(29)17-5-7-21(30-2)8-6-17/h3-8,11,14-15,19H,9-10,12-13,16H2,1-2H3,(H,25,29). The third-order valence-corrected chi connectivity index (χ3v) is 5.59. The van der Waals surface area contributed by atoms with E-state index in [1.54, 1.807) is 25.4 Å². The number of methoxy groups -OCH3 is 1. The highest BCUT2D eigenvalue weighted by Crippen LogP contribution is 2.20. The van der Waals surface area contributed by atoms with Crippen LogP contribution in [0.5, 0.6) is 5.75 Å². The summed E-state index contributed by atoms with van der Waals surface area (Å²) >= 11 is 0. The molecule has 156 valence electrons. The minimum atomic E-state index is -0.0242. The number of aryl methyl sites for hydroxylation is 1. The summed E-state index contributed by atoms with van der Waals surface area (Å²) in [5, 5.41) is 7.79. The summed E-state index contributed by atoms with van der Waals surface area (Å²) in [6.07, 6.45) is 5.48. The molecule has 1 N–H and O–H groups in total. The van der Waals surface area contributed by atoms with E-state index in [0.29, 0.717) is 5.56 Å². The van der Waals surface area contributed by atoms with Crippen LogP contribution in [-0.4, -0.2) is 51.8 Å². The Kier molecular flexibility index (Phi) is 6.09. The van der Waals surface area contributed by atoms with Crippen molar-refractivity contribution in [3.05, 3.63) is 66.1 Å². The molecule has 0 saturated carbocycles. The highest BCUT2D eigenvalue weighted by Gasteiger charge is 2.22. The van der Waals surface area contributed by atoms with Crippen molar-refractivity contribution < 1.29 is 9.53 Å². The Morgan fingerprint density at radius 3 is 2.63 bits per heavy atom. The van der Waals surface area contributed by atoms with Crippen molar-refractivity contribution >= 4 is 5.91 Å². The number of carbonyl (C=O) groups excluding carboxylic acids is 1. The van der Waals surface area contributed by atoms with Crippen LogP contribution in [0.3, 0.4) is 0 Å². The zero-order valence-corrected chi connectivity index (χ0v) is 17.4. The Hall–Kier alpha value is -3.19. The minimum Gasteiger partial charge on any atom is -0.497 e. The molecule has 1 amide bonds. The Balaban J connectivity index is 1.29. The van der Waals surface area contributed by atoms with Crippen LogP contribution >= 0.6 is 0 Å². The van der Waals surface area contributed by atoms with E-state index in [0.717, 1.165) is 49.5 Å². The smallest absolute Gasteiger partial charge is 0.251 e. The SMILES string of the molecule is COc1ccc(C(=O)NC2CCN(Cc3cc(-c4cccnc4)nn3C)CC2)cc1. The monoisotopic (exact) mass is 405 g/mol. The lowest BCUT2D eigenvalue weighted by molar-refractivity contribution is 0.0908. The van der Waals surface area contributed by atoms with Crippen molar-refractivity contribution in [2.75, 3.05) is 20.2 Å². The van der Waals surface area contributed by atoms with E-state index in [-0.39, 0.29) is 11.9 Å². The molecule has 3 heterocycles. The fourth-order valence-electron chi connectivity index (χ4n) is 3.78. The second-order valence-corrected chi connectivity index (χ2v) is 7.64. The van der Waals surface area contributed by atoms with E-state index < -0.39 is 0 Å². The molecule has 1 fully saturated rings. The van der Waals surface area contributed by atoms with Gasteiger partial charge in [-0.25, -0.2) is 0 Å². The van der Waals surface area contributed by atoms with Crippen LogP contribution in [0.4, 0.5) is 0 Å². The maximum absolute atomic E-state index is 12.5. The van der Waals surface area contributed by atoms with Crippen molar-refractivity contribution in [2.45, 2.75) is 25.4 Å². The van der Waals surface area contributed by atoms with Crippen LogP contribution in [0, 0.1) is 0 Å². The molecule has 3 aromatic rings. The summed E-state index contributed by atoms with van der Waals surface area (Å²) < 4.78 is 7.09. The van der Waals surface area contributed by atoms with Gasteiger partial charge in [-0.3, -0.25) is 19.4 Å². The van der Waals surface area contributed by atoms with Crippen molar-refractivity contribution in [1.29, 1.82) is 0 Å². The lowest BCUT2D eigenvalue weighted by Crippen LogP contribution is -2.44. The number of ether oxygens (including phenoxy) is 1. The first-order valence-electron chi connectivity index (χ1n) is 10.2. The van der Waals surface area contributed by atoms with E-state index in [1.165, 1.54) is 5.69 Å². The molecule has 1 aliphatic rings. The number of rotatable bonds is 6. The Morgan fingerprint density at radius 2 is 1.97 bits per heavy atom. The first kappa shape index (κ1) is 20.1. The predicted molar refractivity (Wildman–Crippen MR) is 115 cm³/mol. The Labute approximate surface area is 176 Å². The molecular formula is C23H27N5O2. The van der Waals surface area contributed by atoms with Crippen LogP contribution in [0.25, 0.3) is 11.3 Å². The second-order valence-electron chi connectivity index (χ2n) is 7.64. The number of aromatic nitrogens is 3. The summed E-state index contributed by atoms with van der Waals surface area (Å²) in [6.45, 7) is 2.74. The van der Waals surface area contributed by atoms with E-state index in [9.17, 15) is 4.79 Å². The van der Waals surface area contributed by atoms with Gasteiger partial charge in [0.2, 0.25) is 0 Å². The topological polar surface area (TPSA) is 72.3 Å². The van der Waals surface area contributed by atoms with E-state index in [4.69, 9.17) is 4.74 Å². The number of nitrogens with zero attached hydrogens (tertiary/aromatic N) is 4. The molecule has 4 rings (SSSR count). The molecule has 1 aliphatic heterocycles. The molecule has 7 nitrogen and oxygen atoms in total. The van der Waals surface area contributed by atoms with E-state index in [2.05, 4.69) is 26.4 Å². The highest BCUT2D eigenvalue weighted by molar-refractivity contribution is 5.94. The number of benzene rings is 1. The molecular weight excluding hydrogens is 378 g/mol. The van der Waals surface area contributed by atoms with Crippen LogP contribution in [0.15, 0.2) is 54.9 Å². The van der Waals surface area contributed by atoms with Gasteiger partial charge in [-0.1, -0.05) is 0 Å². The fraction of sp³-hybridized carbons (Fsp3) is 0.348. The summed E-state index contributed by atoms with van der Waals surface area (Å²) in [5.74, 6) is 0.727. The van der Waals surface area contributed by atoms with Crippen molar-refractivity contribution in [3.63, 3.8) is 0 Å². The van der Waals surface area contributed by atoms with Crippen LogP contribution in [0.2, 0.25) is 0 Å². The molecule has 1 saturated heterocycles. The number of hydrogen-bond acceptors (Lipinski definition) is 5. The van der Waals surface area contributed by atoms with Gasteiger partial charge in [0.25, 0.3) is 5.91 Å². The van der Waals surface area contributed by atoms with Crippen molar-refractivity contribution in [3.8, 4) is 17.0 Å². The molecule has 0 aliphatic carbocycles. The van der Waals surface area contributed by atoms with Gasteiger partial charge in [-0.15, -0.1) is 0 Å². The lowest BCUT2D eigenvalue weighted by Gasteiger charge is -2.32. The molecule has 0 bridgehead atoms. The van der Waals surface area contributed by atoms with Gasteiger partial charge < -0.3 is 10.1 Å². The molecule has 0 unspecified atom stereocenters. The van der Waals surface area contributed by atoms with Crippen LogP contribution in [0.1, 0.15) is 28.9 Å². The fourth-order valence-corrected chi connectivity index (χ4v) is 3.78. The average molecular weight is 406 g/mol. The van der Waals surface area contributed by atoms with Gasteiger partial charge in [0.1, 0.15) is 5.75 Å². The third-order valence-electron chi connectivity index (χ3n) is 5.59. The van der Waals surface area contributed by atoms with Crippen LogP contribution < -0.4 is 10.1 Å². The predicted octanol–water partition coefficient (Wildman–Crippen LogP) is 2.89. The molecule has 2 aromatic heterocycles. The molecule has 0 spiro atoms. The van der Waals surface area contributed by atoms with Gasteiger partial charge in [0.05, 0.1) is 18.5 Å². The van der Waals surface area contributed by atoms with Gasteiger partial charge >= 0.3 is 0 Å². The molecule has 7 heteroatoms. The van der Waals surface area contributed by atoms with Crippen LogP contribution in [-0.2, 0) is 13.6 Å². The van der Waals surface area contributed by atoms with Crippen molar-refractivity contribution in [2.24, 2.45) is 7.05 Å². The van der Waals surface area contributed by atoms with Gasteiger partial charge in [0, 0.05) is 56.2 Å². The zero-order valence-electron chi connectivity index (χ0n) is 17.4. The van der Waals surface area contributed by atoms with Gasteiger partial charge in [-0.05, 0) is 55.3 Å². The van der Waals surface area contributed by atoms with Crippen molar-refractivity contribution in [1.82, 2.24) is 25.0 Å². The highest BCUT2D eigenvalue weighted by atomic mass is 16.5. The molecule has 0 radical (unpaired) electrons. The summed E-state index contributed by atoms with van der Waals surface area (Å²) in [4.78, 5) is 19.1.